The molecule has 0 aliphatic rings. The number of fused-ring (bicyclic) bond motifs is 23. The Morgan fingerprint density at radius 2 is 0.558 bits per heavy atom. The summed E-state index contributed by atoms with van der Waals surface area (Å²) in [6.07, 6.45) is 0. The van der Waals surface area contributed by atoms with Crippen molar-refractivity contribution in [1.82, 2.24) is 43.6 Å². The zero-order valence-electron chi connectivity index (χ0n) is 68.7. The van der Waals surface area contributed by atoms with Crippen LogP contribution in [-0.4, -0.2) is 43.6 Å². The van der Waals surface area contributed by atoms with Crippen molar-refractivity contribution in [3.8, 4) is 108 Å². The summed E-state index contributed by atoms with van der Waals surface area (Å²) in [4.78, 5) is 33.4. The van der Waals surface area contributed by atoms with Gasteiger partial charge in [0.15, 0.2) is 34.9 Å². The molecule has 0 aliphatic carbocycles. The van der Waals surface area contributed by atoms with Crippen LogP contribution in [0.25, 0.3) is 282 Å². The molecule has 598 valence electrons. The van der Waals surface area contributed by atoms with Crippen LogP contribution in [0.5, 0.6) is 0 Å². The zero-order chi connectivity index (χ0) is 84.2. The second-order valence-electron chi connectivity index (χ2n) is 33.5. The molecule has 13 heteroatoms. The van der Waals surface area contributed by atoms with Gasteiger partial charge in [-0.3, -0.25) is 0 Å². The monoisotopic (exact) mass is 1650 g/mol. The summed E-state index contributed by atoms with van der Waals surface area (Å²) >= 11 is 0. The Morgan fingerprint density at radius 3 is 1.16 bits per heavy atom. The molecule has 0 spiro atoms. The van der Waals surface area contributed by atoms with E-state index in [0.29, 0.717) is 62.8 Å². The summed E-state index contributed by atoms with van der Waals surface area (Å²) in [7, 11) is 0. The first kappa shape index (κ1) is 70.8. The highest BCUT2D eigenvalue weighted by atomic mass is 16.3. The van der Waals surface area contributed by atoms with Gasteiger partial charge in [-0.1, -0.05) is 255 Å². The summed E-state index contributed by atoms with van der Waals surface area (Å²) in [6, 6.07) is 139. The highest BCUT2D eigenvalue weighted by molar-refractivity contribution is 6.22. The van der Waals surface area contributed by atoms with E-state index in [-0.39, 0.29) is 0 Å². The average molecular weight is 1650 g/mol. The van der Waals surface area contributed by atoms with E-state index >= 15 is 0 Å². The van der Waals surface area contributed by atoms with E-state index in [1.807, 2.05) is 54.6 Å². The lowest BCUT2D eigenvalue weighted by atomic mass is 9.99. The van der Waals surface area contributed by atoms with E-state index in [4.69, 9.17) is 47.6 Å². The summed E-state index contributed by atoms with van der Waals surface area (Å²) in [6.45, 7) is 0. The van der Waals surface area contributed by atoms with Crippen LogP contribution in [0.4, 0.5) is 0 Å². The van der Waals surface area contributed by atoms with E-state index in [9.17, 15) is 0 Å². The highest BCUT2D eigenvalue weighted by Crippen LogP contribution is 2.49. The average Bonchev–Trinajstić information content (AvgIpc) is 1.58. The molecular weight excluding hydrogens is 1580 g/mol. The first-order chi connectivity index (χ1) is 63.9. The lowest BCUT2D eigenvalue weighted by Gasteiger charge is -2.14. The number of hydrogen-bond acceptors (Lipinski definition) is 10. The number of furan rings is 4. The van der Waals surface area contributed by atoms with Gasteiger partial charge in [0.05, 0.1) is 66.4 Å². The van der Waals surface area contributed by atoms with Crippen LogP contribution < -0.4 is 0 Å². The molecule has 28 rings (SSSR count). The predicted octanol–water partition coefficient (Wildman–Crippen LogP) is 30.6. The van der Waals surface area contributed by atoms with Crippen LogP contribution in [0.2, 0.25) is 0 Å². The van der Waals surface area contributed by atoms with Gasteiger partial charge in [0.25, 0.3) is 0 Å². The van der Waals surface area contributed by atoms with Crippen molar-refractivity contribution in [2.75, 3.05) is 0 Å². The fourth-order valence-corrected chi connectivity index (χ4v) is 20.4. The van der Waals surface area contributed by atoms with Crippen molar-refractivity contribution in [1.29, 1.82) is 0 Å². The molecular formula is C116H65N9O4. The molecule has 0 aliphatic heterocycles. The largest absolute Gasteiger partial charge is 0.456 e. The van der Waals surface area contributed by atoms with Gasteiger partial charge >= 0.3 is 0 Å². The molecule has 19 aromatic carbocycles. The van der Waals surface area contributed by atoms with E-state index < -0.39 is 0 Å². The SMILES string of the molecule is c1ccc(-c2cccc(-c3nc(-c4cc(-n5c6ccc(-c7ccc8oc9c(-c%10nc(-c%11cc(-n%12c%13ccccc%13c%13cc%14ccccc%14cc%13%12)c%12c(c%11)oc%11ccccc%11%12)nc(-c%11cccc%12c%13ccccc%13n(-c%13ccccc%13)c%11%12)n%10)cccc9c8c7)cc6c6cc7ccccc7cc65)c5c(c4)oc4ccccc45)nc(-c4cccc5c4oc4ccccc45)n3)c2)cc1. The number of aromatic nitrogens is 9. The molecule has 0 saturated heterocycles. The van der Waals surface area contributed by atoms with Crippen LogP contribution in [0.1, 0.15) is 0 Å². The van der Waals surface area contributed by atoms with Crippen molar-refractivity contribution in [3.63, 3.8) is 0 Å². The minimum absolute atomic E-state index is 0.443. The number of para-hydroxylation sites is 9. The Labute approximate surface area is 733 Å². The normalized spacial score (nSPS) is 12.2. The molecule has 9 heterocycles. The van der Waals surface area contributed by atoms with Gasteiger partial charge in [-0.15, -0.1) is 0 Å². The van der Waals surface area contributed by atoms with Gasteiger partial charge in [-0.2, -0.15) is 0 Å². The molecule has 0 fully saturated rings. The highest BCUT2D eigenvalue weighted by Gasteiger charge is 2.29. The second-order valence-corrected chi connectivity index (χ2v) is 33.5. The maximum Gasteiger partial charge on any atom is 0.167 e. The van der Waals surface area contributed by atoms with Crippen molar-refractivity contribution in [3.05, 3.63) is 394 Å². The van der Waals surface area contributed by atoms with Crippen molar-refractivity contribution in [2.45, 2.75) is 0 Å². The van der Waals surface area contributed by atoms with Crippen molar-refractivity contribution < 1.29 is 17.7 Å². The van der Waals surface area contributed by atoms with Crippen LogP contribution in [-0.2, 0) is 0 Å². The Morgan fingerprint density at radius 1 is 0.178 bits per heavy atom. The summed E-state index contributed by atoms with van der Waals surface area (Å²) < 4.78 is 35.2. The Balaban J connectivity index is 0.630. The van der Waals surface area contributed by atoms with Crippen LogP contribution in [0.15, 0.2) is 412 Å². The maximum atomic E-state index is 7.26. The number of rotatable bonds is 11. The van der Waals surface area contributed by atoms with Crippen LogP contribution in [0.3, 0.4) is 0 Å². The van der Waals surface area contributed by atoms with Crippen molar-refractivity contribution >= 4 is 175 Å². The van der Waals surface area contributed by atoms with Gasteiger partial charge in [0, 0.05) is 92.6 Å². The molecule has 0 amide bonds. The molecule has 0 atom stereocenters. The summed E-state index contributed by atoms with van der Waals surface area (Å²) in [5.74, 6) is 2.85. The Kier molecular flexibility index (Phi) is 15.0. The smallest absolute Gasteiger partial charge is 0.167 e. The van der Waals surface area contributed by atoms with E-state index in [1.54, 1.807) is 0 Å². The summed E-state index contributed by atoms with van der Waals surface area (Å²) in [5.41, 5.74) is 23.6. The molecule has 28 aromatic rings. The first-order valence-corrected chi connectivity index (χ1v) is 43.3. The van der Waals surface area contributed by atoms with Gasteiger partial charge in [0.1, 0.15) is 44.7 Å². The molecule has 0 N–H and O–H groups in total. The first-order valence-electron chi connectivity index (χ1n) is 43.3. The fourth-order valence-electron chi connectivity index (χ4n) is 20.4. The third kappa shape index (κ3) is 10.9. The quantitative estimate of drug-likeness (QED) is 0.123. The van der Waals surface area contributed by atoms with Gasteiger partial charge in [-0.05, 0) is 183 Å². The number of nitrogens with zero attached hydrogens (tertiary/aromatic N) is 9. The third-order valence-electron chi connectivity index (χ3n) is 26.3. The minimum atomic E-state index is 0.443. The molecule has 0 unspecified atom stereocenters. The Hall–Kier alpha value is -17.7. The Bertz CT molecular complexity index is 9690. The third-order valence-corrected chi connectivity index (χ3v) is 26.3. The zero-order valence-corrected chi connectivity index (χ0v) is 68.7. The van der Waals surface area contributed by atoms with Gasteiger partial charge < -0.3 is 31.4 Å². The standard InChI is InChI=1S/C116H65N9O4/c1-3-25-66(26-4-1)67-31-21-32-74(55-67)111-117-112(120-115(118-111)87-44-23-41-82-80-37-13-18-48-100(80)128-109(82)87)75-62-99(107-85-39-15-20-50-102(85)126-104(107)64-75)125-95-53-51-72(58-90(95)91-57-69-28-8-10-30-71(69)61-97(91)125)73-52-54-103-92(59-73)83-42-24-45-88(110(83)129-103)116-121-113(119-114(122-116)86-43-22-40-81-78-35-11-16-46-93(78)123(108(81)86)77-33-5-2-6-34-77)76-63-98(106-84-38-14-19-49-101(84)127-105(106)65-76)124-94-47-17-12-36-79(94)89-56-68-27-7-9-29-70(68)60-96(89)124/h1-65H. The van der Waals surface area contributed by atoms with E-state index in [0.717, 1.165) is 214 Å². The molecule has 0 bridgehead atoms. The maximum absolute atomic E-state index is 7.26. The number of hydrogen-bond donors (Lipinski definition) is 0. The van der Waals surface area contributed by atoms with E-state index in [2.05, 4.69) is 353 Å². The molecule has 129 heavy (non-hydrogen) atoms. The summed E-state index contributed by atoms with van der Waals surface area (Å²) in [5, 5.41) is 18.9. The van der Waals surface area contributed by atoms with Crippen LogP contribution >= 0.6 is 0 Å². The minimum Gasteiger partial charge on any atom is -0.456 e. The molecule has 13 nitrogen and oxygen atoms in total. The molecule has 0 radical (unpaired) electrons. The molecule has 9 aromatic heterocycles. The fraction of sp³-hybridized carbons (Fsp3) is 0. The van der Waals surface area contributed by atoms with Crippen LogP contribution in [0, 0.1) is 0 Å². The van der Waals surface area contributed by atoms with Gasteiger partial charge in [0.2, 0.25) is 0 Å². The topological polar surface area (TPSA) is 145 Å². The lowest BCUT2D eigenvalue weighted by molar-refractivity contribution is 0.668. The number of benzene rings is 19. The molecule has 0 saturated carbocycles. The lowest BCUT2D eigenvalue weighted by Crippen LogP contribution is -2.03. The predicted molar refractivity (Wildman–Crippen MR) is 524 cm³/mol. The second kappa shape index (κ2) is 27.4. The van der Waals surface area contributed by atoms with E-state index in [1.165, 1.54) is 5.39 Å². The van der Waals surface area contributed by atoms with Crippen molar-refractivity contribution in [2.24, 2.45) is 0 Å². The van der Waals surface area contributed by atoms with Gasteiger partial charge in [-0.25, -0.2) is 29.9 Å².